The Morgan fingerprint density at radius 2 is 1.71 bits per heavy atom. The molecule has 0 radical (unpaired) electrons. The first-order valence-electron chi connectivity index (χ1n) is 8.30. The Morgan fingerprint density at radius 3 is 2.25 bits per heavy atom. The minimum atomic E-state index is -4.77. The molecule has 0 aliphatic heterocycles. The molecular weight excluding hydrogens is 392 g/mol. The van der Waals surface area contributed by atoms with Crippen molar-refractivity contribution in [3.05, 3.63) is 36.5 Å². The van der Waals surface area contributed by atoms with E-state index in [1.807, 2.05) is 0 Å². The SMILES string of the molecule is O=C(NC1CC(C(F)(F)F)CC(C(F)(F)F)C1)c1cccnc1-n1cncn1. The van der Waals surface area contributed by atoms with Gasteiger partial charge in [-0.2, -0.15) is 31.4 Å². The van der Waals surface area contributed by atoms with Crippen LogP contribution < -0.4 is 5.32 Å². The summed E-state index contributed by atoms with van der Waals surface area (Å²) < 4.78 is 79.6. The summed E-state index contributed by atoms with van der Waals surface area (Å²) in [5, 5.41) is 6.13. The number of amides is 1. The predicted molar refractivity (Wildman–Crippen MR) is 83.3 cm³/mol. The zero-order valence-electron chi connectivity index (χ0n) is 14.2. The van der Waals surface area contributed by atoms with Crippen molar-refractivity contribution >= 4 is 5.91 Å². The molecule has 3 rings (SSSR count). The van der Waals surface area contributed by atoms with Crippen molar-refractivity contribution < 1.29 is 31.1 Å². The Morgan fingerprint density at radius 1 is 1.07 bits per heavy atom. The van der Waals surface area contributed by atoms with Gasteiger partial charge in [0.15, 0.2) is 5.82 Å². The van der Waals surface area contributed by atoms with Crippen molar-refractivity contribution in [3.8, 4) is 5.82 Å². The maximum Gasteiger partial charge on any atom is 0.391 e. The fourth-order valence-corrected chi connectivity index (χ4v) is 3.31. The van der Waals surface area contributed by atoms with Gasteiger partial charge < -0.3 is 5.32 Å². The highest BCUT2D eigenvalue weighted by molar-refractivity contribution is 5.97. The number of nitrogens with one attached hydrogen (secondary N) is 1. The first-order valence-corrected chi connectivity index (χ1v) is 8.30. The minimum absolute atomic E-state index is 0.0364. The Bertz CT molecular complexity index is 798. The molecule has 2 aromatic heterocycles. The molecule has 1 fully saturated rings. The van der Waals surface area contributed by atoms with Crippen molar-refractivity contribution in [2.45, 2.75) is 37.7 Å². The zero-order valence-corrected chi connectivity index (χ0v) is 14.2. The normalized spacial score (nSPS) is 23.4. The number of pyridine rings is 1. The molecule has 2 aromatic rings. The number of carbonyl (C=O) groups excluding carboxylic acids is 1. The van der Waals surface area contributed by atoms with Crippen LogP contribution in [0.25, 0.3) is 5.82 Å². The molecule has 152 valence electrons. The molecule has 0 bridgehead atoms. The van der Waals surface area contributed by atoms with Crippen molar-refractivity contribution in [3.63, 3.8) is 0 Å². The minimum Gasteiger partial charge on any atom is -0.349 e. The van der Waals surface area contributed by atoms with Crippen LogP contribution in [0.5, 0.6) is 0 Å². The molecule has 2 heterocycles. The van der Waals surface area contributed by atoms with Gasteiger partial charge in [0.2, 0.25) is 0 Å². The van der Waals surface area contributed by atoms with Crippen LogP contribution in [0.2, 0.25) is 0 Å². The third-order valence-corrected chi connectivity index (χ3v) is 4.64. The van der Waals surface area contributed by atoms with E-state index in [9.17, 15) is 31.1 Å². The lowest BCUT2D eigenvalue weighted by atomic mass is 9.77. The van der Waals surface area contributed by atoms with Crippen molar-refractivity contribution in [2.75, 3.05) is 0 Å². The second-order valence-corrected chi connectivity index (χ2v) is 6.57. The van der Waals surface area contributed by atoms with E-state index in [1.54, 1.807) is 0 Å². The Labute approximate surface area is 155 Å². The molecule has 1 N–H and O–H groups in total. The van der Waals surface area contributed by atoms with Gasteiger partial charge in [0.25, 0.3) is 5.91 Å². The highest BCUT2D eigenvalue weighted by Crippen LogP contribution is 2.45. The molecule has 28 heavy (non-hydrogen) atoms. The summed E-state index contributed by atoms with van der Waals surface area (Å²) in [5.74, 6) is -5.04. The average Bonchev–Trinajstić information content (AvgIpc) is 3.14. The van der Waals surface area contributed by atoms with Crippen LogP contribution in [0.3, 0.4) is 0 Å². The number of carbonyl (C=O) groups is 1. The van der Waals surface area contributed by atoms with Crippen LogP contribution in [-0.2, 0) is 0 Å². The molecular formula is C16H15F6N5O. The van der Waals surface area contributed by atoms with E-state index in [1.165, 1.54) is 35.7 Å². The van der Waals surface area contributed by atoms with Gasteiger partial charge in [-0.15, -0.1) is 0 Å². The van der Waals surface area contributed by atoms with Gasteiger partial charge in [-0.1, -0.05) is 0 Å². The molecule has 1 amide bonds. The molecule has 0 spiro atoms. The van der Waals surface area contributed by atoms with E-state index in [0.29, 0.717) is 0 Å². The third-order valence-electron chi connectivity index (χ3n) is 4.64. The van der Waals surface area contributed by atoms with Crippen LogP contribution in [0, 0.1) is 11.8 Å². The zero-order chi connectivity index (χ0) is 20.5. The number of aromatic nitrogens is 4. The lowest BCUT2D eigenvalue weighted by Crippen LogP contribution is -2.47. The maximum atomic E-state index is 13.1. The largest absolute Gasteiger partial charge is 0.391 e. The number of alkyl halides is 6. The summed E-state index contributed by atoms with van der Waals surface area (Å²) in [6.07, 6.45) is -7.97. The highest BCUT2D eigenvalue weighted by Gasteiger charge is 2.52. The van der Waals surface area contributed by atoms with E-state index in [-0.39, 0.29) is 11.4 Å². The van der Waals surface area contributed by atoms with Crippen LogP contribution in [0.1, 0.15) is 29.6 Å². The fraction of sp³-hybridized carbons (Fsp3) is 0.500. The van der Waals surface area contributed by atoms with Gasteiger partial charge in [0.1, 0.15) is 12.7 Å². The summed E-state index contributed by atoms with van der Waals surface area (Å²) in [5.41, 5.74) is -0.0364. The summed E-state index contributed by atoms with van der Waals surface area (Å²) in [6, 6.07) is 1.50. The molecule has 12 heteroatoms. The molecule has 1 saturated carbocycles. The van der Waals surface area contributed by atoms with Gasteiger partial charge in [0.05, 0.1) is 17.4 Å². The molecule has 2 unspecified atom stereocenters. The first-order chi connectivity index (χ1) is 13.1. The summed E-state index contributed by atoms with van der Waals surface area (Å²) in [7, 11) is 0. The standard InChI is InChI=1S/C16H15F6N5O/c17-15(18,19)9-4-10(16(20,21)22)6-11(5-9)26-14(28)12-2-1-3-24-13(12)27-8-23-7-25-27/h1-3,7-11H,4-6H2,(H,26,28). The maximum absolute atomic E-state index is 13.1. The quantitative estimate of drug-likeness (QED) is 0.793. The van der Waals surface area contributed by atoms with Crippen LogP contribution >= 0.6 is 0 Å². The van der Waals surface area contributed by atoms with Gasteiger partial charge in [0, 0.05) is 12.2 Å². The van der Waals surface area contributed by atoms with E-state index >= 15 is 0 Å². The number of hydrogen-bond acceptors (Lipinski definition) is 4. The fourth-order valence-electron chi connectivity index (χ4n) is 3.31. The lowest BCUT2D eigenvalue weighted by Gasteiger charge is -2.37. The van der Waals surface area contributed by atoms with E-state index < -0.39 is 55.4 Å². The lowest BCUT2D eigenvalue weighted by molar-refractivity contribution is -0.225. The number of rotatable bonds is 3. The second kappa shape index (κ2) is 7.40. The number of hydrogen-bond donors (Lipinski definition) is 1. The molecule has 1 aliphatic rings. The third kappa shape index (κ3) is 4.42. The van der Waals surface area contributed by atoms with Crippen molar-refractivity contribution in [1.29, 1.82) is 0 Å². The van der Waals surface area contributed by atoms with Crippen LogP contribution in [0.4, 0.5) is 26.3 Å². The smallest absolute Gasteiger partial charge is 0.349 e. The molecule has 2 atom stereocenters. The first kappa shape index (κ1) is 20.1. The topological polar surface area (TPSA) is 72.7 Å². The van der Waals surface area contributed by atoms with Crippen LogP contribution in [0.15, 0.2) is 31.0 Å². The monoisotopic (exact) mass is 407 g/mol. The highest BCUT2D eigenvalue weighted by atomic mass is 19.4. The van der Waals surface area contributed by atoms with Crippen molar-refractivity contribution in [1.82, 2.24) is 25.1 Å². The number of nitrogens with zero attached hydrogens (tertiary/aromatic N) is 4. The van der Waals surface area contributed by atoms with Crippen molar-refractivity contribution in [2.24, 2.45) is 11.8 Å². The van der Waals surface area contributed by atoms with E-state index in [4.69, 9.17) is 0 Å². The number of halogens is 6. The van der Waals surface area contributed by atoms with Gasteiger partial charge in [-0.3, -0.25) is 4.79 Å². The second-order valence-electron chi connectivity index (χ2n) is 6.57. The molecule has 0 saturated heterocycles. The van der Waals surface area contributed by atoms with Crippen LogP contribution in [-0.4, -0.2) is 44.1 Å². The van der Waals surface area contributed by atoms with Gasteiger partial charge >= 0.3 is 12.4 Å². The van der Waals surface area contributed by atoms with E-state index in [2.05, 4.69) is 20.4 Å². The molecule has 0 aromatic carbocycles. The predicted octanol–water partition coefficient (Wildman–Crippen LogP) is 3.30. The summed E-state index contributed by atoms with van der Waals surface area (Å²) in [4.78, 5) is 20.3. The summed E-state index contributed by atoms with van der Waals surface area (Å²) in [6.45, 7) is 0. The molecule has 1 aliphatic carbocycles. The molecule has 6 nitrogen and oxygen atoms in total. The Hall–Kier alpha value is -2.66. The average molecular weight is 407 g/mol. The van der Waals surface area contributed by atoms with Gasteiger partial charge in [-0.05, 0) is 31.4 Å². The Kier molecular flexibility index (Phi) is 5.31. The summed E-state index contributed by atoms with van der Waals surface area (Å²) >= 11 is 0. The van der Waals surface area contributed by atoms with E-state index in [0.717, 1.165) is 0 Å². The van der Waals surface area contributed by atoms with Gasteiger partial charge in [-0.25, -0.2) is 14.6 Å². The Balaban J connectivity index is 1.81.